The number of fused-ring (bicyclic) bond motifs is 1. The molecule has 5 heteroatoms. The molecule has 0 saturated carbocycles. The van der Waals surface area contributed by atoms with Crippen molar-refractivity contribution in [3.63, 3.8) is 0 Å². The van der Waals surface area contributed by atoms with E-state index in [0.717, 1.165) is 23.3 Å². The molecule has 2 rings (SSSR count). The van der Waals surface area contributed by atoms with Crippen molar-refractivity contribution < 1.29 is 9.53 Å². The molecular weight excluding hydrogens is 266 g/mol. The van der Waals surface area contributed by atoms with Crippen LogP contribution >= 0.6 is 0 Å². The molecule has 0 spiro atoms. The fraction of sp³-hybridized carbons (Fsp3) is 0.500. The SMILES string of the molecule is CCC(C)C(NCc1nc2ccccc2n1C)C(=O)OC. The van der Waals surface area contributed by atoms with Gasteiger partial charge in [0.15, 0.2) is 0 Å². The van der Waals surface area contributed by atoms with Crippen LogP contribution in [-0.4, -0.2) is 28.7 Å². The van der Waals surface area contributed by atoms with Gasteiger partial charge in [0, 0.05) is 7.05 Å². The van der Waals surface area contributed by atoms with Gasteiger partial charge in [-0.2, -0.15) is 0 Å². The van der Waals surface area contributed by atoms with Gasteiger partial charge in [0.25, 0.3) is 0 Å². The average molecular weight is 289 g/mol. The number of aryl methyl sites for hydroxylation is 1. The topological polar surface area (TPSA) is 56.2 Å². The number of rotatable bonds is 6. The molecule has 0 aliphatic heterocycles. The number of hydrogen-bond acceptors (Lipinski definition) is 4. The summed E-state index contributed by atoms with van der Waals surface area (Å²) in [4.78, 5) is 16.5. The zero-order chi connectivity index (χ0) is 15.4. The van der Waals surface area contributed by atoms with E-state index < -0.39 is 0 Å². The van der Waals surface area contributed by atoms with Crippen LogP contribution in [-0.2, 0) is 23.1 Å². The van der Waals surface area contributed by atoms with E-state index in [1.165, 1.54) is 7.11 Å². The molecule has 1 heterocycles. The predicted molar refractivity (Wildman–Crippen MR) is 82.8 cm³/mol. The standard InChI is InChI=1S/C16H23N3O2/c1-5-11(2)15(16(20)21-4)17-10-14-18-12-8-6-7-9-13(12)19(14)3/h6-9,11,15,17H,5,10H2,1-4H3. The maximum Gasteiger partial charge on any atom is 0.323 e. The first-order chi connectivity index (χ1) is 10.1. The van der Waals surface area contributed by atoms with Gasteiger partial charge >= 0.3 is 5.97 Å². The van der Waals surface area contributed by atoms with Crippen molar-refractivity contribution in [2.75, 3.05) is 7.11 Å². The number of nitrogens with zero attached hydrogens (tertiary/aromatic N) is 2. The minimum Gasteiger partial charge on any atom is -0.468 e. The van der Waals surface area contributed by atoms with Crippen LogP contribution in [0.25, 0.3) is 11.0 Å². The quantitative estimate of drug-likeness (QED) is 0.829. The third kappa shape index (κ3) is 3.24. The maximum atomic E-state index is 11.9. The number of para-hydroxylation sites is 2. The number of aromatic nitrogens is 2. The summed E-state index contributed by atoms with van der Waals surface area (Å²) in [5, 5.41) is 3.28. The zero-order valence-corrected chi connectivity index (χ0v) is 13.1. The molecule has 114 valence electrons. The lowest BCUT2D eigenvalue weighted by Crippen LogP contribution is -2.42. The van der Waals surface area contributed by atoms with E-state index in [1.54, 1.807) is 0 Å². The number of nitrogens with one attached hydrogen (secondary N) is 1. The number of methoxy groups -OCH3 is 1. The average Bonchev–Trinajstić information content (AvgIpc) is 2.83. The first-order valence-electron chi connectivity index (χ1n) is 7.30. The molecule has 0 fully saturated rings. The van der Waals surface area contributed by atoms with Crippen LogP contribution in [0.15, 0.2) is 24.3 Å². The zero-order valence-electron chi connectivity index (χ0n) is 13.1. The van der Waals surface area contributed by atoms with Crippen LogP contribution in [0.1, 0.15) is 26.1 Å². The molecule has 0 amide bonds. The molecule has 2 unspecified atom stereocenters. The van der Waals surface area contributed by atoms with E-state index in [9.17, 15) is 4.79 Å². The molecule has 5 nitrogen and oxygen atoms in total. The third-order valence-electron chi connectivity index (χ3n) is 4.03. The summed E-state index contributed by atoms with van der Waals surface area (Å²) in [6, 6.07) is 7.70. The lowest BCUT2D eigenvalue weighted by molar-refractivity contribution is -0.144. The summed E-state index contributed by atoms with van der Waals surface area (Å²) in [6.45, 7) is 4.65. The molecule has 2 aromatic rings. The van der Waals surface area contributed by atoms with Crippen molar-refractivity contribution in [1.29, 1.82) is 0 Å². The molecule has 0 aliphatic carbocycles. The molecule has 2 atom stereocenters. The molecule has 0 radical (unpaired) electrons. The number of esters is 1. The van der Waals surface area contributed by atoms with Crippen molar-refractivity contribution in [3.8, 4) is 0 Å². The van der Waals surface area contributed by atoms with E-state index in [-0.39, 0.29) is 17.9 Å². The highest BCUT2D eigenvalue weighted by Crippen LogP contribution is 2.15. The minimum absolute atomic E-state index is 0.215. The van der Waals surface area contributed by atoms with Crippen LogP contribution in [0.4, 0.5) is 0 Å². The monoisotopic (exact) mass is 289 g/mol. The number of imidazole rings is 1. The number of benzene rings is 1. The van der Waals surface area contributed by atoms with E-state index in [4.69, 9.17) is 4.74 Å². The smallest absolute Gasteiger partial charge is 0.323 e. The van der Waals surface area contributed by atoms with Gasteiger partial charge in [0.2, 0.25) is 0 Å². The highest BCUT2D eigenvalue weighted by molar-refractivity contribution is 5.76. The van der Waals surface area contributed by atoms with Crippen LogP contribution < -0.4 is 5.32 Å². The summed E-state index contributed by atoms with van der Waals surface area (Å²) in [7, 11) is 3.41. The Morgan fingerprint density at radius 3 is 2.76 bits per heavy atom. The second-order valence-corrected chi connectivity index (χ2v) is 5.34. The van der Waals surface area contributed by atoms with Crippen molar-refractivity contribution in [2.24, 2.45) is 13.0 Å². The molecule has 0 aliphatic rings. The molecule has 1 aromatic carbocycles. The summed E-state index contributed by atoms with van der Waals surface area (Å²) in [5.74, 6) is 0.906. The van der Waals surface area contributed by atoms with E-state index in [2.05, 4.69) is 17.2 Å². The van der Waals surface area contributed by atoms with E-state index >= 15 is 0 Å². The van der Waals surface area contributed by atoms with Crippen LogP contribution in [0.5, 0.6) is 0 Å². The summed E-state index contributed by atoms with van der Waals surface area (Å²) in [6.07, 6.45) is 0.912. The molecule has 0 bridgehead atoms. The van der Waals surface area contributed by atoms with Gasteiger partial charge < -0.3 is 9.30 Å². The summed E-state index contributed by atoms with van der Waals surface area (Å²) in [5.41, 5.74) is 2.06. The molecule has 1 aromatic heterocycles. The second-order valence-electron chi connectivity index (χ2n) is 5.34. The van der Waals surface area contributed by atoms with Crippen molar-refractivity contribution >= 4 is 17.0 Å². The van der Waals surface area contributed by atoms with Gasteiger partial charge in [-0.15, -0.1) is 0 Å². The Balaban J connectivity index is 2.15. The lowest BCUT2D eigenvalue weighted by Gasteiger charge is -2.21. The molecule has 0 saturated heterocycles. The molecule has 1 N–H and O–H groups in total. The fourth-order valence-corrected chi connectivity index (χ4v) is 2.43. The highest BCUT2D eigenvalue weighted by Gasteiger charge is 2.24. The summed E-state index contributed by atoms with van der Waals surface area (Å²) >= 11 is 0. The Labute approximate surface area is 125 Å². The van der Waals surface area contributed by atoms with Gasteiger partial charge in [0.1, 0.15) is 11.9 Å². The van der Waals surface area contributed by atoms with Crippen molar-refractivity contribution in [1.82, 2.24) is 14.9 Å². The van der Waals surface area contributed by atoms with Gasteiger partial charge in [-0.1, -0.05) is 32.4 Å². The Kier molecular flexibility index (Phi) is 4.96. The Morgan fingerprint density at radius 2 is 2.14 bits per heavy atom. The van der Waals surface area contributed by atoms with E-state index in [1.807, 2.05) is 42.8 Å². The van der Waals surface area contributed by atoms with E-state index in [0.29, 0.717) is 6.54 Å². The first kappa shape index (κ1) is 15.5. The summed E-state index contributed by atoms with van der Waals surface area (Å²) < 4.78 is 6.93. The highest BCUT2D eigenvalue weighted by atomic mass is 16.5. The largest absolute Gasteiger partial charge is 0.468 e. The number of hydrogen-bond donors (Lipinski definition) is 1. The number of carbonyl (C=O) groups excluding carboxylic acids is 1. The van der Waals surface area contributed by atoms with Crippen molar-refractivity contribution in [2.45, 2.75) is 32.9 Å². The van der Waals surface area contributed by atoms with Gasteiger partial charge in [-0.25, -0.2) is 4.98 Å². The Morgan fingerprint density at radius 1 is 1.43 bits per heavy atom. The van der Waals surface area contributed by atoms with Crippen LogP contribution in [0.3, 0.4) is 0 Å². The number of carbonyl (C=O) groups is 1. The minimum atomic E-state index is -0.306. The lowest BCUT2D eigenvalue weighted by atomic mass is 9.99. The molecular formula is C16H23N3O2. The Hall–Kier alpha value is -1.88. The first-order valence-corrected chi connectivity index (χ1v) is 7.30. The van der Waals surface area contributed by atoms with Gasteiger partial charge in [-0.3, -0.25) is 10.1 Å². The predicted octanol–water partition coefficient (Wildman–Crippen LogP) is 2.25. The van der Waals surface area contributed by atoms with Crippen molar-refractivity contribution in [3.05, 3.63) is 30.1 Å². The fourth-order valence-electron chi connectivity index (χ4n) is 2.43. The number of ether oxygens (including phenoxy) is 1. The van der Waals surface area contributed by atoms with Gasteiger partial charge in [-0.05, 0) is 18.1 Å². The maximum absolute atomic E-state index is 11.9. The second kappa shape index (κ2) is 6.72. The van der Waals surface area contributed by atoms with Crippen LogP contribution in [0.2, 0.25) is 0 Å². The van der Waals surface area contributed by atoms with Crippen LogP contribution in [0, 0.1) is 5.92 Å². The molecule has 21 heavy (non-hydrogen) atoms. The normalized spacial score (nSPS) is 14.1. The van der Waals surface area contributed by atoms with Gasteiger partial charge in [0.05, 0.1) is 24.7 Å². The third-order valence-corrected chi connectivity index (χ3v) is 4.03. The Bertz CT molecular complexity index is 621.